The second-order valence-corrected chi connectivity index (χ2v) is 8.14. The maximum atomic E-state index is 6.40. The van der Waals surface area contributed by atoms with E-state index in [0.717, 1.165) is 58.0 Å². The van der Waals surface area contributed by atoms with Crippen molar-refractivity contribution in [3.05, 3.63) is 0 Å². The molecule has 1 aliphatic rings. The van der Waals surface area contributed by atoms with Crippen LogP contribution in [0.25, 0.3) is 0 Å². The molecule has 0 aromatic heterocycles. The van der Waals surface area contributed by atoms with Crippen LogP contribution in [0.15, 0.2) is 0 Å². The first-order chi connectivity index (χ1) is 14.7. The zero-order valence-corrected chi connectivity index (χ0v) is 20.2. The summed E-state index contributed by atoms with van der Waals surface area (Å²) in [6.07, 6.45) is 7.99. The van der Waals surface area contributed by atoms with Crippen molar-refractivity contribution < 1.29 is 28.4 Å². The Kier molecular flexibility index (Phi) is 17.0. The summed E-state index contributed by atoms with van der Waals surface area (Å²) in [6, 6.07) is 0. The fourth-order valence-corrected chi connectivity index (χ4v) is 3.48. The van der Waals surface area contributed by atoms with Crippen LogP contribution >= 0.6 is 0 Å². The maximum absolute atomic E-state index is 6.40. The van der Waals surface area contributed by atoms with Crippen LogP contribution < -0.4 is 0 Å². The summed E-state index contributed by atoms with van der Waals surface area (Å²) in [4.78, 5) is 0. The van der Waals surface area contributed by atoms with Crippen molar-refractivity contribution in [2.24, 2.45) is 0 Å². The molecule has 1 fully saturated rings. The highest BCUT2D eigenvalue weighted by Gasteiger charge is 2.43. The summed E-state index contributed by atoms with van der Waals surface area (Å²) in [5.41, 5.74) is 0. The average molecular weight is 433 g/mol. The molecule has 0 bridgehead atoms. The number of rotatable bonds is 18. The molecule has 180 valence electrons. The number of ether oxygens (including phenoxy) is 6. The Bertz CT molecular complexity index is 381. The zero-order chi connectivity index (χ0) is 22.0. The quantitative estimate of drug-likeness (QED) is 0.280. The third kappa shape index (κ3) is 10.9. The first-order valence-electron chi connectivity index (χ1n) is 12.3. The van der Waals surface area contributed by atoms with Gasteiger partial charge in [0.2, 0.25) is 0 Å². The minimum absolute atomic E-state index is 0.120. The minimum atomic E-state index is -0.353. The highest BCUT2D eigenvalue weighted by atomic mass is 16.7. The average Bonchev–Trinajstić information content (AvgIpc) is 2.89. The Morgan fingerprint density at radius 2 is 1.23 bits per heavy atom. The van der Waals surface area contributed by atoms with Gasteiger partial charge in [-0.25, -0.2) is 0 Å². The first kappa shape index (κ1) is 27.8. The molecule has 1 saturated heterocycles. The Balaban J connectivity index is 3.00. The van der Waals surface area contributed by atoms with Gasteiger partial charge < -0.3 is 28.4 Å². The van der Waals surface area contributed by atoms with Crippen molar-refractivity contribution in [3.8, 4) is 0 Å². The van der Waals surface area contributed by atoms with Crippen LogP contribution in [-0.2, 0) is 28.4 Å². The number of hydrogen-bond donors (Lipinski definition) is 0. The van der Waals surface area contributed by atoms with Gasteiger partial charge >= 0.3 is 0 Å². The van der Waals surface area contributed by atoms with Crippen molar-refractivity contribution in [1.29, 1.82) is 0 Å². The van der Waals surface area contributed by atoms with Gasteiger partial charge in [-0.05, 0) is 25.7 Å². The second-order valence-electron chi connectivity index (χ2n) is 8.14. The molecule has 6 heteroatoms. The molecule has 2 unspecified atom stereocenters. The van der Waals surface area contributed by atoms with E-state index in [1.54, 1.807) is 7.11 Å². The van der Waals surface area contributed by atoms with Gasteiger partial charge in [0.15, 0.2) is 6.29 Å². The summed E-state index contributed by atoms with van der Waals surface area (Å²) in [7, 11) is 1.69. The van der Waals surface area contributed by atoms with Crippen molar-refractivity contribution in [2.45, 2.75) is 116 Å². The van der Waals surface area contributed by atoms with Crippen LogP contribution in [0.1, 0.15) is 85.5 Å². The lowest BCUT2D eigenvalue weighted by atomic mass is 10.0. The van der Waals surface area contributed by atoms with Crippen molar-refractivity contribution in [3.63, 3.8) is 0 Å². The molecule has 0 aromatic carbocycles. The van der Waals surface area contributed by atoms with Crippen LogP contribution in [0.2, 0.25) is 0 Å². The molecule has 6 nitrogen and oxygen atoms in total. The zero-order valence-electron chi connectivity index (χ0n) is 20.2. The predicted octanol–water partition coefficient (Wildman–Crippen LogP) is 5.12. The third-order valence-electron chi connectivity index (χ3n) is 5.44. The van der Waals surface area contributed by atoms with Gasteiger partial charge in [0, 0.05) is 40.0 Å². The Morgan fingerprint density at radius 1 is 0.700 bits per heavy atom. The van der Waals surface area contributed by atoms with Gasteiger partial charge in [-0.3, -0.25) is 0 Å². The lowest BCUT2D eigenvalue weighted by molar-refractivity contribution is -0.203. The summed E-state index contributed by atoms with van der Waals surface area (Å²) < 4.78 is 37.0. The van der Waals surface area contributed by atoms with Crippen LogP contribution in [0, 0.1) is 0 Å². The molecular formula is C24H48O6. The highest BCUT2D eigenvalue weighted by Crippen LogP contribution is 2.28. The molecule has 5 atom stereocenters. The smallest absolute Gasteiger partial charge is 0.160 e. The van der Waals surface area contributed by atoms with Gasteiger partial charge in [0.1, 0.15) is 18.3 Å². The Morgan fingerprint density at radius 3 is 1.80 bits per heavy atom. The molecule has 0 spiro atoms. The van der Waals surface area contributed by atoms with Gasteiger partial charge in [0.25, 0.3) is 0 Å². The van der Waals surface area contributed by atoms with Crippen LogP contribution in [-0.4, -0.2) is 70.9 Å². The van der Waals surface area contributed by atoms with E-state index < -0.39 is 0 Å². The van der Waals surface area contributed by atoms with Gasteiger partial charge in [-0.2, -0.15) is 0 Å². The molecule has 1 aliphatic heterocycles. The molecule has 1 heterocycles. The molecule has 1 rings (SSSR count). The van der Waals surface area contributed by atoms with Gasteiger partial charge in [-0.1, -0.05) is 53.4 Å². The van der Waals surface area contributed by atoms with E-state index in [-0.39, 0.29) is 30.7 Å². The standard InChI is InChI=1S/C24H48O6/c1-6-10-14-26-19-21-24(29-17-13-9-4)23(28-16-12-8-3)20(27-15-11-7-2)18-22(25-5)30-21/h20-24H,6-19H2,1-5H3/t20-,21?,22?,23+,24+/m0/s1. The molecule has 0 aliphatic carbocycles. The third-order valence-corrected chi connectivity index (χ3v) is 5.44. The lowest BCUT2D eigenvalue weighted by Crippen LogP contribution is -2.49. The molecule has 0 N–H and O–H groups in total. The largest absolute Gasteiger partial charge is 0.379 e. The summed E-state index contributed by atoms with van der Waals surface area (Å²) in [5.74, 6) is 0. The summed E-state index contributed by atoms with van der Waals surface area (Å²) in [6.45, 7) is 12.0. The monoisotopic (exact) mass is 432 g/mol. The normalized spacial score (nSPS) is 27.3. The Labute approximate surface area is 185 Å². The van der Waals surface area contributed by atoms with Crippen LogP contribution in [0.3, 0.4) is 0 Å². The van der Waals surface area contributed by atoms with Crippen LogP contribution in [0.4, 0.5) is 0 Å². The molecular weight excluding hydrogens is 384 g/mol. The van der Waals surface area contributed by atoms with E-state index in [9.17, 15) is 0 Å². The predicted molar refractivity (Wildman–Crippen MR) is 120 cm³/mol. The fourth-order valence-electron chi connectivity index (χ4n) is 3.48. The van der Waals surface area contributed by atoms with E-state index in [1.165, 1.54) is 0 Å². The highest BCUT2D eigenvalue weighted by molar-refractivity contribution is 4.90. The molecule has 0 radical (unpaired) electrons. The van der Waals surface area contributed by atoms with Crippen LogP contribution in [0.5, 0.6) is 0 Å². The number of hydrogen-bond acceptors (Lipinski definition) is 6. The lowest BCUT2D eigenvalue weighted by Gasteiger charge is -2.34. The van der Waals surface area contributed by atoms with Gasteiger partial charge in [0.05, 0.1) is 12.7 Å². The fraction of sp³-hybridized carbons (Fsp3) is 1.00. The van der Waals surface area contributed by atoms with Crippen molar-refractivity contribution >= 4 is 0 Å². The first-order valence-corrected chi connectivity index (χ1v) is 12.3. The molecule has 0 aromatic rings. The second kappa shape index (κ2) is 18.3. The van der Waals surface area contributed by atoms with Crippen molar-refractivity contribution in [1.82, 2.24) is 0 Å². The van der Waals surface area contributed by atoms with E-state index in [0.29, 0.717) is 32.8 Å². The molecule has 0 amide bonds. The SMILES string of the molecule is CCCCOCC1OC(OC)C[C@H](OCCCC)[C@@H](OCCCC)[C@@H]1OCCCC. The maximum Gasteiger partial charge on any atom is 0.160 e. The van der Waals surface area contributed by atoms with E-state index in [1.807, 2.05) is 0 Å². The Hall–Kier alpha value is -0.240. The number of methoxy groups -OCH3 is 1. The number of unbranched alkanes of at least 4 members (excludes halogenated alkanes) is 4. The topological polar surface area (TPSA) is 55.4 Å². The minimum Gasteiger partial charge on any atom is -0.379 e. The van der Waals surface area contributed by atoms with E-state index in [4.69, 9.17) is 28.4 Å². The molecule has 30 heavy (non-hydrogen) atoms. The molecule has 0 saturated carbocycles. The van der Waals surface area contributed by atoms with Crippen molar-refractivity contribution in [2.75, 3.05) is 40.1 Å². The summed E-state index contributed by atoms with van der Waals surface area (Å²) >= 11 is 0. The van der Waals surface area contributed by atoms with E-state index in [2.05, 4.69) is 27.7 Å². The van der Waals surface area contributed by atoms with E-state index >= 15 is 0 Å². The summed E-state index contributed by atoms with van der Waals surface area (Å²) in [5, 5.41) is 0. The van der Waals surface area contributed by atoms with Gasteiger partial charge in [-0.15, -0.1) is 0 Å².